The van der Waals surface area contributed by atoms with E-state index in [1.165, 1.54) is 18.0 Å². The van der Waals surface area contributed by atoms with Crippen molar-refractivity contribution < 1.29 is 23.2 Å². The smallest absolute Gasteiger partial charge is 0.344 e. The molecule has 0 fully saturated rings. The third-order valence-electron chi connectivity index (χ3n) is 3.59. The molecule has 0 bridgehead atoms. The maximum absolute atomic E-state index is 13.6. The van der Waals surface area contributed by atoms with Gasteiger partial charge in [0.15, 0.2) is 6.61 Å². The number of hydrogen-bond acceptors (Lipinski definition) is 5. The highest BCUT2D eigenvalue weighted by molar-refractivity contribution is 5.93. The predicted molar refractivity (Wildman–Crippen MR) is 83.8 cm³/mol. The third-order valence-corrected chi connectivity index (χ3v) is 3.59. The van der Waals surface area contributed by atoms with Gasteiger partial charge in [0.1, 0.15) is 17.1 Å². The molecular weight excluding hydrogens is 315 g/mol. The Morgan fingerprint density at radius 3 is 2.71 bits per heavy atom. The van der Waals surface area contributed by atoms with E-state index in [9.17, 15) is 14.0 Å². The minimum atomic E-state index is -0.654. The van der Waals surface area contributed by atoms with Crippen LogP contribution in [0.1, 0.15) is 34.3 Å². The summed E-state index contributed by atoms with van der Waals surface area (Å²) >= 11 is 0. The summed E-state index contributed by atoms with van der Waals surface area (Å²) in [6, 6.07) is 6.19. The second-order valence-corrected chi connectivity index (χ2v) is 5.33. The summed E-state index contributed by atoms with van der Waals surface area (Å²) in [6.07, 6.45) is 0.517. The monoisotopic (exact) mass is 334 g/mol. The van der Waals surface area contributed by atoms with Crippen LogP contribution in [0.3, 0.4) is 0 Å². The number of amides is 1. The van der Waals surface area contributed by atoms with E-state index in [1.54, 1.807) is 25.1 Å². The first-order valence-electron chi connectivity index (χ1n) is 7.53. The zero-order valence-corrected chi connectivity index (χ0v) is 13.8. The van der Waals surface area contributed by atoms with Crippen molar-refractivity contribution in [3.63, 3.8) is 0 Å². The molecule has 1 aromatic heterocycles. The van der Waals surface area contributed by atoms with Gasteiger partial charge in [-0.15, -0.1) is 0 Å². The van der Waals surface area contributed by atoms with Crippen molar-refractivity contribution in [1.82, 2.24) is 10.1 Å². The van der Waals surface area contributed by atoms with E-state index >= 15 is 0 Å². The normalized spacial score (nSPS) is 10.5. The van der Waals surface area contributed by atoms with Crippen molar-refractivity contribution in [3.8, 4) is 0 Å². The summed E-state index contributed by atoms with van der Waals surface area (Å²) in [5.74, 6) is -1.12. The highest BCUT2D eigenvalue weighted by Crippen LogP contribution is 2.15. The summed E-state index contributed by atoms with van der Waals surface area (Å²) in [5.41, 5.74) is 1.13. The standard InChI is InChI=1S/C17H19FN2O4/c1-4-14-16(11(2)24-19-14)17(22)23-10-15(21)20(3)9-12-7-5-6-8-13(12)18/h5-8H,4,9-10H2,1-3H3. The van der Waals surface area contributed by atoms with Gasteiger partial charge in [-0.05, 0) is 19.4 Å². The van der Waals surface area contributed by atoms with E-state index in [-0.39, 0.29) is 17.9 Å². The molecule has 0 unspecified atom stereocenters. The zero-order chi connectivity index (χ0) is 17.7. The molecule has 0 radical (unpaired) electrons. The van der Waals surface area contributed by atoms with Crippen LogP contribution in [-0.4, -0.2) is 35.6 Å². The number of ether oxygens (including phenoxy) is 1. The summed E-state index contributed by atoms with van der Waals surface area (Å²) in [6.45, 7) is 3.10. The Labute approximate surface area is 139 Å². The molecule has 0 aliphatic carbocycles. The molecule has 128 valence electrons. The fourth-order valence-corrected chi connectivity index (χ4v) is 2.20. The Kier molecular flexibility index (Phi) is 5.68. The Balaban J connectivity index is 1.94. The van der Waals surface area contributed by atoms with Crippen molar-refractivity contribution in [2.45, 2.75) is 26.8 Å². The summed E-state index contributed by atoms with van der Waals surface area (Å²) in [4.78, 5) is 25.5. The number of halogens is 1. The maximum atomic E-state index is 13.6. The van der Waals surface area contributed by atoms with Gasteiger partial charge >= 0.3 is 5.97 Å². The Bertz CT molecular complexity index is 742. The Hall–Kier alpha value is -2.70. The average Bonchev–Trinajstić information content (AvgIpc) is 2.95. The average molecular weight is 334 g/mol. The fourth-order valence-electron chi connectivity index (χ4n) is 2.20. The molecule has 7 heteroatoms. The highest BCUT2D eigenvalue weighted by Gasteiger charge is 2.22. The molecule has 1 heterocycles. The number of esters is 1. The maximum Gasteiger partial charge on any atom is 0.344 e. The van der Waals surface area contributed by atoms with E-state index in [1.807, 2.05) is 6.92 Å². The van der Waals surface area contributed by atoms with Crippen LogP contribution in [-0.2, 0) is 22.5 Å². The number of benzene rings is 1. The molecule has 0 saturated heterocycles. The lowest BCUT2D eigenvalue weighted by molar-refractivity contribution is -0.133. The summed E-state index contributed by atoms with van der Waals surface area (Å²) in [5, 5.41) is 3.77. The largest absolute Gasteiger partial charge is 0.452 e. The van der Waals surface area contributed by atoms with Gasteiger partial charge in [-0.2, -0.15) is 0 Å². The minimum absolute atomic E-state index is 0.0928. The molecule has 0 aliphatic rings. The number of carbonyl (C=O) groups excluding carboxylic acids is 2. The second-order valence-electron chi connectivity index (χ2n) is 5.33. The topological polar surface area (TPSA) is 72.6 Å². The second kappa shape index (κ2) is 7.72. The van der Waals surface area contributed by atoms with Crippen molar-refractivity contribution in [1.29, 1.82) is 0 Å². The van der Waals surface area contributed by atoms with Gasteiger partial charge in [0.2, 0.25) is 0 Å². The number of likely N-dealkylation sites (N-methyl/N-ethyl adjacent to an activating group) is 1. The van der Waals surface area contributed by atoms with E-state index < -0.39 is 18.5 Å². The number of rotatable bonds is 6. The van der Waals surface area contributed by atoms with Crippen LogP contribution in [0.25, 0.3) is 0 Å². The molecule has 0 aliphatic heterocycles. The molecule has 2 aromatic rings. The number of aromatic nitrogens is 1. The van der Waals surface area contributed by atoms with Crippen LogP contribution in [0, 0.1) is 12.7 Å². The van der Waals surface area contributed by atoms with Gasteiger partial charge in [0.25, 0.3) is 5.91 Å². The van der Waals surface area contributed by atoms with E-state index in [2.05, 4.69) is 5.16 Å². The molecular formula is C17H19FN2O4. The van der Waals surface area contributed by atoms with Crippen LogP contribution in [0.15, 0.2) is 28.8 Å². The van der Waals surface area contributed by atoms with Crippen LogP contribution in [0.2, 0.25) is 0 Å². The Morgan fingerprint density at radius 1 is 1.33 bits per heavy atom. The van der Waals surface area contributed by atoms with Gasteiger partial charge in [0.05, 0.1) is 5.69 Å². The minimum Gasteiger partial charge on any atom is -0.452 e. The van der Waals surface area contributed by atoms with Crippen LogP contribution in [0.5, 0.6) is 0 Å². The first-order valence-corrected chi connectivity index (χ1v) is 7.53. The molecule has 1 amide bonds. The molecule has 0 spiro atoms. The zero-order valence-electron chi connectivity index (χ0n) is 13.8. The van der Waals surface area contributed by atoms with E-state index in [0.717, 1.165) is 0 Å². The van der Waals surface area contributed by atoms with Gasteiger partial charge < -0.3 is 14.2 Å². The number of hydrogen-bond donors (Lipinski definition) is 0. The molecule has 24 heavy (non-hydrogen) atoms. The predicted octanol–water partition coefficient (Wildman–Crippen LogP) is 2.50. The van der Waals surface area contributed by atoms with Gasteiger partial charge in [0, 0.05) is 19.2 Å². The molecule has 0 N–H and O–H groups in total. The first-order chi connectivity index (χ1) is 11.4. The summed E-state index contributed by atoms with van der Waals surface area (Å²) < 4.78 is 23.6. The highest BCUT2D eigenvalue weighted by atomic mass is 19.1. The van der Waals surface area contributed by atoms with Crippen molar-refractivity contribution in [2.75, 3.05) is 13.7 Å². The van der Waals surface area contributed by atoms with Crippen molar-refractivity contribution in [3.05, 3.63) is 52.7 Å². The molecule has 2 rings (SSSR count). The summed E-state index contributed by atoms with van der Waals surface area (Å²) in [7, 11) is 1.52. The van der Waals surface area contributed by atoms with Crippen LogP contribution >= 0.6 is 0 Å². The fraction of sp³-hybridized carbons (Fsp3) is 0.353. The van der Waals surface area contributed by atoms with Gasteiger partial charge in [-0.3, -0.25) is 4.79 Å². The van der Waals surface area contributed by atoms with Crippen molar-refractivity contribution in [2.24, 2.45) is 0 Å². The van der Waals surface area contributed by atoms with Gasteiger partial charge in [-0.25, -0.2) is 9.18 Å². The van der Waals surface area contributed by atoms with E-state index in [4.69, 9.17) is 9.26 Å². The molecule has 1 aromatic carbocycles. The lowest BCUT2D eigenvalue weighted by Crippen LogP contribution is -2.31. The van der Waals surface area contributed by atoms with Crippen LogP contribution < -0.4 is 0 Å². The quantitative estimate of drug-likeness (QED) is 0.759. The van der Waals surface area contributed by atoms with Crippen molar-refractivity contribution >= 4 is 11.9 Å². The van der Waals surface area contributed by atoms with Gasteiger partial charge in [-0.1, -0.05) is 30.3 Å². The van der Waals surface area contributed by atoms with E-state index in [0.29, 0.717) is 23.4 Å². The molecule has 0 saturated carbocycles. The Morgan fingerprint density at radius 2 is 2.04 bits per heavy atom. The molecule has 6 nitrogen and oxygen atoms in total. The first kappa shape index (κ1) is 17.7. The lowest BCUT2D eigenvalue weighted by Gasteiger charge is -2.17. The van der Waals surface area contributed by atoms with Crippen LogP contribution in [0.4, 0.5) is 4.39 Å². The lowest BCUT2D eigenvalue weighted by atomic mass is 10.1. The number of carbonyl (C=O) groups is 2. The number of nitrogens with zero attached hydrogens (tertiary/aromatic N) is 2. The SMILES string of the molecule is CCc1noc(C)c1C(=O)OCC(=O)N(C)Cc1ccccc1F. The number of aryl methyl sites for hydroxylation is 2. The molecule has 0 atom stereocenters. The third kappa shape index (κ3) is 3.98.